The molecule has 1 atom stereocenters. The fourth-order valence-corrected chi connectivity index (χ4v) is 2.87. The van der Waals surface area contributed by atoms with E-state index < -0.39 is 5.97 Å². The number of likely N-dealkylation sites (N-methyl/N-ethyl adjacent to an activating group) is 1. The van der Waals surface area contributed by atoms with Crippen LogP contribution in [0.4, 0.5) is 0 Å². The van der Waals surface area contributed by atoms with Crippen LogP contribution in [0.25, 0.3) is 0 Å². The first-order chi connectivity index (χ1) is 10.0. The van der Waals surface area contributed by atoms with Gasteiger partial charge in [0.15, 0.2) is 0 Å². The van der Waals surface area contributed by atoms with Crippen LogP contribution in [0, 0.1) is 0 Å². The van der Waals surface area contributed by atoms with E-state index in [4.69, 9.17) is 9.84 Å². The molecule has 0 aromatic heterocycles. The van der Waals surface area contributed by atoms with Crippen molar-refractivity contribution in [3.63, 3.8) is 0 Å². The molecule has 0 bridgehead atoms. The molecule has 1 N–H and O–H groups in total. The number of ether oxygens (including phenoxy) is 1. The molecule has 0 saturated carbocycles. The van der Waals surface area contributed by atoms with E-state index in [9.17, 15) is 4.79 Å². The van der Waals surface area contributed by atoms with Crippen LogP contribution in [0.5, 0.6) is 5.75 Å². The molecule has 1 aliphatic rings. The Morgan fingerprint density at radius 2 is 2.24 bits per heavy atom. The first-order valence-corrected chi connectivity index (χ1v) is 7.30. The van der Waals surface area contributed by atoms with Crippen LogP contribution in [0.2, 0.25) is 0 Å². The lowest BCUT2D eigenvalue weighted by Crippen LogP contribution is -2.44. The molecule has 0 amide bonds. The Hall–Kier alpha value is -1.59. The van der Waals surface area contributed by atoms with Crippen molar-refractivity contribution in [1.29, 1.82) is 0 Å². The minimum Gasteiger partial charge on any atom is -0.496 e. The highest BCUT2D eigenvalue weighted by Crippen LogP contribution is 2.24. The van der Waals surface area contributed by atoms with E-state index in [-0.39, 0.29) is 0 Å². The summed E-state index contributed by atoms with van der Waals surface area (Å²) in [4.78, 5) is 15.8. The van der Waals surface area contributed by atoms with E-state index in [1.807, 2.05) is 0 Å². The van der Waals surface area contributed by atoms with Crippen molar-refractivity contribution in [2.24, 2.45) is 0 Å². The highest BCUT2D eigenvalue weighted by molar-refractivity contribution is 5.88. The number of hydrogen-bond acceptors (Lipinski definition) is 4. The van der Waals surface area contributed by atoms with Crippen LogP contribution in [-0.4, -0.2) is 61.2 Å². The molecule has 116 valence electrons. The van der Waals surface area contributed by atoms with Crippen molar-refractivity contribution < 1.29 is 14.6 Å². The third-order valence-electron chi connectivity index (χ3n) is 4.13. The number of nitrogens with zero attached hydrogens (tertiary/aromatic N) is 2. The molecule has 0 spiro atoms. The molecular weight excluding hydrogens is 268 g/mol. The first-order valence-electron chi connectivity index (χ1n) is 7.30. The lowest BCUT2D eigenvalue weighted by molar-refractivity contribution is 0.0696. The van der Waals surface area contributed by atoms with Gasteiger partial charge in [-0.3, -0.25) is 4.90 Å². The van der Waals surface area contributed by atoms with Crippen LogP contribution >= 0.6 is 0 Å². The van der Waals surface area contributed by atoms with Crippen molar-refractivity contribution in [2.45, 2.75) is 25.4 Å². The van der Waals surface area contributed by atoms with Crippen molar-refractivity contribution in [2.75, 3.05) is 34.3 Å². The summed E-state index contributed by atoms with van der Waals surface area (Å²) in [5.41, 5.74) is 1.25. The first kappa shape index (κ1) is 15.8. The highest BCUT2D eigenvalue weighted by Gasteiger charge is 2.22. The van der Waals surface area contributed by atoms with Gasteiger partial charge in [-0.2, -0.15) is 0 Å². The molecule has 21 heavy (non-hydrogen) atoms. The zero-order chi connectivity index (χ0) is 15.4. The average molecular weight is 292 g/mol. The summed E-state index contributed by atoms with van der Waals surface area (Å²) in [5.74, 6) is -0.143. The Morgan fingerprint density at radius 3 is 2.86 bits per heavy atom. The van der Waals surface area contributed by atoms with Crippen LogP contribution < -0.4 is 4.74 Å². The minimum absolute atomic E-state index is 0.312. The predicted octanol–water partition coefficient (Wildman–Crippen LogP) is 1.92. The molecule has 1 fully saturated rings. The van der Waals surface area contributed by atoms with Gasteiger partial charge in [-0.15, -0.1) is 0 Å². The maximum Gasteiger partial charge on any atom is 0.335 e. The molecule has 2 rings (SSSR count). The second-order valence-electron chi connectivity index (χ2n) is 5.83. The number of rotatable bonds is 5. The molecule has 1 aromatic rings. The smallest absolute Gasteiger partial charge is 0.335 e. The van der Waals surface area contributed by atoms with Crippen molar-refractivity contribution in [1.82, 2.24) is 9.80 Å². The van der Waals surface area contributed by atoms with Crippen molar-refractivity contribution in [3.05, 3.63) is 29.3 Å². The molecule has 5 heteroatoms. The number of aromatic carboxylic acids is 1. The molecule has 5 nitrogen and oxygen atoms in total. The molecule has 0 aliphatic carbocycles. The van der Waals surface area contributed by atoms with Crippen LogP contribution in [0.15, 0.2) is 18.2 Å². The third-order valence-corrected chi connectivity index (χ3v) is 4.13. The van der Waals surface area contributed by atoms with Gasteiger partial charge in [0.25, 0.3) is 0 Å². The second-order valence-corrected chi connectivity index (χ2v) is 5.83. The Bertz CT molecular complexity index is 502. The normalized spacial score (nSPS) is 19.7. The molecule has 1 heterocycles. The van der Waals surface area contributed by atoms with Crippen molar-refractivity contribution >= 4 is 5.97 Å². The summed E-state index contributed by atoms with van der Waals surface area (Å²) < 4.78 is 5.37. The molecule has 1 unspecified atom stereocenters. The van der Waals surface area contributed by atoms with Gasteiger partial charge in [0.1, 0.15) is 5.75 Å². The Labute approximate surface area is 126 Å². The lowest BCUT2D eigenvalue weighted by Gasteiger charge is -2.36. The summed E-state index contributed by atoms with van der Waals surface area (Å²) in [6, 6.07) is 5.61. The van der Waals surface area contributed by atoms with Gasteiger partial charge < -0.3 is 14.7 Å². The molecule has 1 aromatic carbocycles. The number of carboxylic acid groups (broad SMARTS) is 1. The number of methoxy groups -OCH3 is 1. The van der Waals surface area contributed by atoms with Crippen LogP contribution in [0.1, 0.15) is 28.8 Å². The third kappa shape index (κ3) is 3.95. The van der Waals surface area contributed by atoms with Crippen LogP contribution in [-0.2, 0) is 6.54 Å². The number of piperidine rings is 1. The fourth-order valence-electron chi connectivity index (χ4n) is 2.87. The van der Waals surface area contributed by atoms with Gasteiger partial charge in [0, 0.05) is 24.7 Å². The van der Waals surface area contributed by atoms with Gasteiger partial charge >= 0.3 is 5.97 Å². The van der Waals surface area contributed by atoms with E-state index in [1.54, 1.807) is 25.3 Å². The standard InChI is InChI=1S/C16H24N2O3/c1-17(2)14-5-4-8-18(11-14)10-13-9-12(16(19)20)6-7-15(13)21-3/h6-7,9,14H,4-5,8,10-11H2,1-3H3,(H,19,20). The summed E-state index contributed by atoms with van der Waals surface area (Å²) in [6.45, 7) is 2.78. The van der Waals surface area contributed by atoms with E-state index in [2.05, 4.69) is 23.9 Å². The number of benzene rings is 1. The monoisotopic (exact) mass is 292 g/mol. The van der Waals surface area contributed by atoms with Crippen molar-refractivity contribution in [3.8, 4) is 5.75 Å². The topological polar surface area (TPSA) is 53.0 Å². The molecule has 1 saturated heterocycles. The van der Waals surface area contributed by atoms with Gasteiger partial charge in [0.05, 0.1) is 12.7 Å². The molecule has 1 aliphatic heterocycles. The second kappa shape index (κ2) is 6.91. The Kier molecular flexibility index (Phi) is 5.20. The molecular formula is C16H24N2O3. The number of carboxylic acids is 1. The Balaban J connectivity index is 2.14. The fraction of sp³-hybridized carbons (Fsp3) is 0.562. The minimum atomic E-state index is -0.899. The SMILES string of the molecule is COc1ccc(C(=O)O)cc1CN1CCCC(N(C)C)C1. The summed E-state index contributed by atoms with van der Waals surface area (Å²) in [7, 11) is 5.84. The Morgan fingerprint density at radius 1 is 1.48 bits per heavy atom. The predicted molar refractivity (Wildman–Crippen MR) is 81.9 cm³/mol. The van der Waals surface area contributed by atoms with E-state index in [0.717, 1.165) is 30.9 Å². The molecule has 0 radical (unpaired) electrons. The number of likely N-dealkylation sites (tertiary alicyclic amines) is 1. The highest BCUT2D eigenvalue weighted by atomic mass is 16.5. The van der Waals surface area contributed by atoms with Crippen LogP contribution in [0.3, 0.4) is 0 Å². The van der Waals surface area contributed by atoms with Gasteiger partial charge in [0.2, 0.25) is 0 Å². The van der Waals surface area contributed by atoms with E-state index in [1.165, 1.54) is 12.8 Å². The summed E-state index contributed by atoms with van der Waals surface area (Å²) in [5, 5.41) is 9.13. The maximum absolute atomic E-state index is 11.1. The quantitative estimate of drug-likeness (QED) is 0.898. The maximum atomic E-state index is 11.1. The van der Waals surface area contributed by atoms with E-state index in [0.29, 0.717) is 11.6 Å². The summed E-state index contributed by atoms with van der Waals surface area (Å²) >= 11 is 0. The number of hydrogen-bond donors (Lipinski definition) is 1. The zero-order valence-corrected chi connectivity index (χ0v) is 13.0. The van der Waals surface area contributed by atoms with Gasteiger partial charge in [-0.05, 0) is 51.7 Å². The largest absolute Gasteiger partial charge is 0.496 e. The average Bonchev–Trinajstić information content (AvgIpc) is 2.47. The lowest BCUT2D eigenvalue weighted by atomic mass is 10.0. The number of carbonyl (C=O) groups is 1. The van der Waals surface area contributed by atoms with Gasteiger partial charge in [-0.25, -0.2) is 4.79 Å². The van der Waals surface area contributed by atoms with E-state index >= 15 is 0 Å². The zero-order valence-electron chi connectivity index (χ0n) is 13.0. The summed E-state index contributed by atoms with van der Waals surface area (Å²) in [6.07, 6.45) is 2.39. The van der Waals surface area contributed by atoms with Gasteiger partial charge in [-0.1, -0.05) is 0 Å².